The first-order valence-electron chi connectivity index (χ1n) is 9.78. The van der Waals surface area contributed by atoms with Gasteiger partial charge in [-0.3, -0.25) is 10.1 Å². The maximum absolute atomic E-state index is 14.2. The first-order chi connectivity index (χ1) is 15.8. The molecule has 13 heteroatoms. The number of hydrogen-bond acceptors (Lipinski definition) is 4. The SMILES string of the molecule is O=C(CC(F)(F)F)NC1NCc2cc(C3=NOC(c4cc(Br)cc(Br)c4)(C(F)(F)F)C3)ccc21. The Labute approximate surface area is 206 Å². The second kappa shape index (κ2) is 8.83. The normalized spacial score (nSPS) is 22.2. The van der Waals surface area contributed by atoms with Gasteiger partial charge in [0, 0.05) is 27.5 Å². The summed E-state index contributed by atoms with van der Waals surface area (Å²) in [5.41, 5.74) is -1.22. The molecule has 34 heavy (non-hydrogen) atoms. The fourth-order valence-electron chi connectivity index (χ4n) is 3.91. The summed E-state index contributed by atoms with van der Waals surface area (Å²) in [6, 6.07) is 8.86. The molecule has 2 aromatic carbocycles. The molecule has 2 unspecified atom stereocenters. The molecule has 4 rings (SSSR count). The zero-order chi connectivity index (χ0) is 24.9. The summed E-state index contributed by atoms with van der Waals surface area (Å²) in [5, 5.41) is 8.88. The Morgan fingerprint density at radius 1 is 1.12 bits per heavy atom. The van der Waals surface area contributed by atoms with Crippen LogP contribution in [0.1, 0.15) is 41.3 Å². The molecule has 2 atom stereocenters. The molecular weight excluding hydrogens is 600 g/mol. The lowest BCUT2D eigenvalue weighted by molar-refractivity contribution is -0.275. The average molecular weight is 615 g/mol. The van der Waals surface area contributed by atoms with E-state index < -0.39 is 42.9 Å². The van der Waals surface area contributed by atoms with Crippen LogP contribution in [0.3, 0.4) is 0 Å². The number of nitrogens with zero attached hydrogens (tertiary/aromatic N) is 1. The molecule has 2 aliphatic rings. The van der Waals surface area contributed by atoms with Crippen molar-refractivity contribution < 1.29 is 36.0 Å². The van der Waals surface area contributed by atoms with Gasteiger partial charge >= 0.3 is 12.4 Å². The lowest BCUT2D eigenvalue weighted by atomic mass is 9.86. The van der Waals surface area contributed by atoms with Gasteiger partial charge in [0.1, 0.15) is 12.6 Å². The third-order valence-corrected chi connectivity index (χ3v) is 6.38. The number of benzene rings is 2. The number of oxime groups is 1. The molecular formula is C21H15Br2F6N3O2. The second-order valence-electron chi connectivity index (χ2n) is 7.88. The number of hydrogen-bond donors (Lipinski definition) is 2. The zero-order valence-electron chi connectivity index (χ0n) is 17.0. The molecule has 0 fully saturated rings. The van der Waals surface area contributed by atoms with E-state index in [0.717, 1.165) is 0 Å². The zero-order valence-corrected chi connectivity index (χ0v) is 20.1. The first kappa shape index (κ1) is 25.0. The Balaban J connectivity index is 1.57. The lowest BCUT2D eigenvalue weighted by Crippen LogP contribution is -2.42. The van der Waals surface area contributed by atoms with E-state index in [4.69, 9.17) is 4.84 Å². The van der Waals surface area contributed by atoms with Gasteiger partial charge in [0.25, 0.3) is 5.60 Å². The molecule has 2 aromatic rings. The Morgan fingerprint density at radius 3 is 2.41 bits per heavy atom. The number of amides is 1. The molecule has 0 aromatic heterocycles. The van der Waals surface area contributed by atoms with Gasteiger partial charge in [-0.25, -0.2) is 0 Å². The summed E-state index contributed by atoms with van der Waals surface area (Å²) in [6.45, 7) is 0.206. The number of nitrogens with one attached hydrogen (secondary N) is 2. The number of carbonyl (C=O) groups excluding carboxylic acids is 1. The van der Waals surface area contributed by atoms with Crippen molar-refractivity contribution in [1.29, 1.82) is 0 Å². The van der Waals surface area contributed by atoms with E-state index in [0.29, 0.717) is 25.6 Å². The standard InChI is InChI=1S/C21H15Br2F6N3O2/c22-13-4-12(5-14(23)6-13)19(21(27,28)29)7-16(32-34-19)10-1-2-15-11(3-10)9-30-18(15)31-17(33)8-20(24,25)26/h1-6,18,30H,7-9H2,(H,31,33). The van der Waals surface area contributed by atoms with Crippen LogP contribution in [0.15, 0.2) is 50.5 Å². The predicted molar refractivity (Wildman–Crippen MR) is 117 cm³/mol. The summed E-state index contributed by atoms with van der Waals surface area (Å²) in [6.07, 6.45) is -12.4. The minimum atomic E-state index is -4.77. The molecule has 2 N–H and O–H groups in total. The third-order valence-electron chi connectivity index (χ3n) is 5.47. The van der Waals surface area contributed by atoms with Gasteiger partial charge in [0.05, 0.1) is 5.71 Å². The van der Waals surface area contributed by atoms with Crippen LogP contribution < -0.4 is 10.6 Å². The van der Waals surface area contributed by atoms with Gasteiger partial charge in [0.2, 0.25) is 5.91 Å². The molecule has 0 aliphatic carbocycles. The first-order valence-corrected chi connectivity index (χ1v) is 11.4. The van der Waals surface area contributed by atoms with Crippen LogP contribution in [-0.2, 0) is 21.8 Å². The van der Waals surface area contributed by atoms with E-state index >= 15 is 0 Å². The maximum Gasteiger partial charge on any atom is 0.435 e. The van der Waals surface area contributed by atoms with Crippen LogP contribution in [0.25, 0.3) is 0 Å². The number of halogens is 8. The highest BCUT2D eigenvalue weighted by Gasteiger charge is 2.62. The second-order valence-corrected chi connectivity index (χ2v) is 9.71. The van der Waals surface area contributed by atoms with Crippen molar-refractivity contribution in [3.05, 3.63) is 67.6 Å². The van der Waals surface area contributed by atoms with Gasteiger partial charge in [-0.2, -0.15) is 26.3 Å². The molecule has 0 spiro atoms. The molecule has 5 nitrogen and oxygen atoms in total. The molecule has 0 radical (unpaired) electrons. The predicted octanol–water partition coefficient (Wildman–Crippen LogP) is 5.96. The van der Waals surface area contributed by atoms with Crippen molar-refractivity contribution in [3.63, 3.8) is 0 Å². The monoisotopic (exact) mass is 613 g/mol. The molecule has 1 amide bonds. The highest BCUT2D eigenvalue weighted by Crippen LogP contribution is 2.49. The molecule has 2 aliphatic heterocycles. The smallest absolute Gasteiger partial charge is 0.374 e. The summed E-state index contributed by atoms with van der Waals surface area (Å²) in [5.74, 6) is -1.19. The van der Waals surface area contributed by atoms with Crippen LogP contribution in [0.5, 0.6) is 0 Å². The summed E-state index contributed by atoms with van der Waals surface area (Å²) >= 11 is 6.39. The fraction of sp³-hybridized carbons (Fsp3) is 0.333. The lowest BCUT2D eigenvalue weighted by Gasteiger charge is -2.29. The van der Waals surface area contributed by atoms with Crippen molar-refractivity contribution in [3.8, 4) is 0 Å². The third kappa shape index (κ3) is 4.96. The van der Waals surface area contributed by atoms with E-state index in [1.54, 1.807) is 12.1 Å². The molecule has 0 bridgehead atoms. The number of alkyl halides is 6. The van der Waals surface area contributed by atoms with Gasteiger partial charge in [0.15, 0.2) is 0 Å². The van der Waals surface area contributed by atoms with Crippen molar-refractivity contribution in [1.82, 2.24) is 10.6 Å². The van der Waals surface area contributed by atoms with Crippen LogP contribution in [0.2, 0.25) is 0 Å². The minimum Gasteiger partial charge on any atom is -0.374 e. The average Bonchev–Trinajstić information content (AvgIpc) is 3.31. The van der Waals surface area contributed by atoms with E-state index in [1.807, 2.05) is 0 Å². The van der Waals surface area contributed by atoms with Crippen molar-refractivity contribution in [2.45, 2.75) is 43.5 Å². The number of fused-ring (bicyclic) bond motifs is 1. The van der Waals surface area contributed by atoms with E-state index in [2.05, 4.69) is 47.6 Å². The van der Waals surface area contributed by atoms with E-state index in [1.165, 1.54) is 24.3 Å². The molecule has 0 saturated carbocycles. The highest BCUT2D eigenvalue weighted by molar-refractivity contribution is 9.11. The highest BCUT2D eigenvalue weighted by atomic mass is 79.9. The van der Waals surface area contributed by atoms with Crippen molar-refractivity contribution in [2.24, 2.45) is 5.16 Å². The molecule has 0 saturated heterocycles. The number of rotatable bonds is 4. The van der Waals surface area contributed by atoms with Gasteiger partial charge in [-0.1, -0.05) is 49.1 Å². The largest absolute Gasteiger partial charge is 0.435 e. The van der Waals surface area contributed by atoms with Crippen LogP contribution in [-0.4, -0.2) is 24.0 Å². The quantitative estimate of drug-likeness (QED) is 0.418. The summed E-state index contributed by atoms with van der Waals surface area (Å²) < 4.78 is 80.7. The summed E-state index contributed by atoms with van der Waals surface area (Å²) in [4.78, 5) is 16.7. The maximum atomic E-state index is 14.2. The van der Waals surface area contributed by atoms with Gasteiger partial charge in [-0.05, 0) is 41.0 Å². The van der Waals surface area contributed by atoms with E-state index in [-0.39, 0.29) is 17.8 Å². The summed E-state index contributed by atoms with van der Waals surface area (Å²) in [7, 11) is 0. The Hall–Kier alpha value is -2.12. The molecule has 182 valence electrons. The Morgan fingerprint density at radius 2 is 1.79 bits per heavy atom. The number of carbonyl (C=O) groups is 1. The Kier molecular flexibility index (Phi) is 6.49. The fourth-order valence-corrected chi connectivity index (χ4v) is 5.20. The minimum absolute atomic E-state index is 0.0702. The van der Waals surface area contributed by atoms with Crippen molar-refractivity contribution >= 4 is 43.5 Å². The molecule has 2 heterocycles. The van der Waals surface area contributed by atoms with Crippen LogP contribution in [0, 0.1) is 0 Å². The van der Waals surface area contributed by atoms with Crippen LogP contribution in [0.4, 0.5) is 26.3 Å². The van der Waals surface area contributed by atoms with Gasteiger partial charge in [-0.15, -0.1) is 0 Å². The van der Waals surface area contributed by atoms with Crippen LogP contribution >= 0.6 is 31.9 Å². The topological polar surface area (TPSA) is 62.7 Å². The van der Waals surface area contributed by atoms with E-state index in [9.17, 15) is 31.1 Å². The van der Waals surface area contributed by atoms with Gasteiger partial charge < -0.3 is 10.2 Å². The Bertz CT molecular complexity index is 1150. The van der Waals surface area contributed by atoms with Crippen molar-refractivity contribution in [2.75, 3.05) is 0 Å².